The number of hydrogen-bond acceptors (Lipinski definition) is 5. The zero-order valence-corrected chi connectivity index (χ0v) is 15.8. The van der Waals surface area contributed by atoms with Crippen LogP contribution in [0.25, 0.3) is 11.1 Å². The summed E-state index contributed by atoms with van der Waals surface area (Å²) in [5.74, 6) is -0.250. The minimum Gasteiger partial charge on any atom is -0.399 e. The Bertz CT molecular complexity index is 977. The lowest BCUT2D eigenvalue weighted by atomic mass is 10.0. The molecule has 0 aliphatic heterocycles. The molecular formula is C23H21N3O2. The Hall–Kier alpha value is -3.73. The third kappa shape index (κ3) is 4.92. The van der Waals surface area contributed by atoms with Crippen molar-refractivity contribution in [2.24, 2.45) is 10.3 Å². The van der Waals surface area contributed by atoms with Crippen molar-refractivity contribution in [1.29, 1.82) is 0 Å². The van der Waals surface area contributed by atoms with Crippen molar-refractivity contribution in [3.05, 3.63) is 90.0 Å². The van der Waals surface area contributed by atoms with E-state index in [1.807, 2.05) is 73.7 Å². The molecule has 0 spiro atoms. The van der Waals surface area contributed by atoms with Gasteiger partial charge in [-0.2, -0.15) is 5.10 Å². The minimum absolute atomic E-state index is 0.148. The highest BCUT2D eigenvalue weighted by Crippen LogP contribution is 2.19. The number of hydrogen-bond donors (Lipinski definition) is 1. The summed E-state index contributed by atoms with van der Waals surface area (Å²) in [4.78, 5) is 17.6. The number of anilines is 1. The van der Waals surface area contributed by atoms with E-state index in [1.54, 1.807) is 12.1 Å². The summed E-state index contributed by atoms with van der Waals surface area (Å²) in [6.45, 7) is 2.01. The van der Waals surface area contributed by atoms with Crippen LogP contribution in [-0.4, -0.2) is 24.8 Å². The van der Waals surface area contributed by atoms with Crippen molar-refractivity contribution in [2.75, 3.05) is 12.5 Å². The van der Waals surface area contributed by atoms with E-state index in [9.17, 15) is 4.79 Å². The molecule has 3 aromatic carbocycles. The van der Waals surface area contributed by atoms with Gasteiger partial charge in [0.05, 0.1) is 11.9 Å². The Balaban J connectivity index is 1.81. The number of carbonyl (C=O) groups is 1. The van der Waals surface area contributed by atoms with Gasteiger partial charge < -0.3 is 4.84 Å². The molecule has 3 aromatic rings. The molecule has 3 rings (SSSR count). The molecule has 0 amide bonds. The Morgan fingerprint density at radius 2 is 1.54 bits per heavy atom. The van der Waals surface area contributed by atoms with Crippen LogP contribution in [0.15, 0.2) is 89.1 Å². The third-order valence-electron chi connectivity index (χ3n) is 4.12. The number of benzene rings is 3. The number of carbonyl (C=O) groups excluding carboxylic acids is 1. The van der Waals surface area contributed by atoms with Crippen molar-refractivity contribution in [3.63, 3.8) is 0 Å². The van der Waals surface area contributed by atoms with Crippen LogP contribution < -0.4 is 5.43 Å². The topological polar surface area (TPSA) is 63.1 Å². The normalized spacial score (nSPS) is 11.4. The van der Waals surface area contributed by atoms with E-state index in [0.29, 0.717) is 5.56 Å². The third-order valence-corrected chi connectivity index (χ3v) is 4.12. The first-order valence-electron chi connectivity index (χ1n) is 8.84. The highest BCUT2D eigenvalue weighted by atomic mass is 16.6. The maximum absolute atomic E-state index is 12.9. The van der Waals surface area contributed by atoms with Gasteiger partial charge in [-0.3, -0.25) is 10.2 Å². The average molecular weight is 371 g/mol. The Labute approximate surface area is 164 Å². The molecule has 0 saturated heterocycles. The number of hydrazone groups is 1. The molecule has 0 aliphatic rings. The molecule has 0 heterocycles. The zero-order chi connectivity index (χ0) is 19.8. The van der Waals surface area contributed by atoms with Gasteiger partial charge in [0.1, 0.15) is 7.11 Å². The van der Waals surface area contributed by atoms with Gasteiger partial charge in [0, 0.05) is 5.56 Å². The van der Waals surface area contributed by atoms with Crippen LogP contribution in [0.4, 0.5) is 5.69 Å². The van der Waals surface area contributed by atoms with Crippen LogP contribution in [0.5, 0.6) is 0 Å². The second-order valence-electron chi connectivity index (χ2n) is 6.16. The van der Waals surface area contributed by atoms with Crippen LogP contribution in [0.3, 0.4) is 0 Å². The predicted molar refractivity (Wildman–Crippen MR) is 114 cm³/mol. The summed E-state index contributed by atoms with van der Waals surface area (Å²) >= 11 is 0. The van der Waals surface area contributed by atoms with E-state index in [4.69, 9.17) is 4.84 Å². The molecule has 0 aromatic heterocycles. The molecule has 0 unspecified atom stereocenters. The lowest BCUT2D eigenvalue weighted by molar-refractivity contribution is 0.106. The van der Waals surface area contributed by atoms with Gasteiger partial charge in [-0.05, 0) is 30.2 Å². The molecule has 0 aliphatic carbocycles. The Morgan fingerprint density at radius 1 is 0.893 bits per heavy atom. The summed E-state index contributed by atoms with van der Waals surface area (Å²) in [6, 6.07) is 25.1. The largest absolute Gasteiger partial charge is 0.399 e. The molecule has 0 bridgehead atoms. The van der Waals surface area contributed by atoms with E-state index in [0.717, 1.165) is 22.4 Å². The fourth-order valence-electron chi connectivity index (χ4n) is 2.59. The summed E-state index contributed by atoms with van der Waals surface area (Å²) in [6.07, 6.45) is 1.30. The lowest BCUT2D eigenvalue weighted by Gasteiger charge is -2.06. The molecule has 140 valence electrons. The molecule has 0 saturated carbocycles. The predicted octanol–water partition coefficient (Wildman–Crippen LogP) is 4.95. The van der Waals surface area contributed by atoms with Gasteiger partial charge in [0.2, 0.25) is 5.78 Å². The fraction of sp³-hybridized carbons (Fsp3) is 0.0870. The fourth-order valence-corrected chi connectivity index (χ4v) is 2.59. The number of ketones is 1. The van der Waals surface area contributed by atoms with Crippen LogP contribution in [0, 0.1) is 6.92 Å². The number of nitrogens with zero attached hydrogens (tertiary/aromatic N) is 2. The highest BCUT2D eigenvalue weighted by Gasteiger charge is 2.13. The van der Waals surface area contributed by atoms with Crippen molar-refractivity contribution in [2.45, 2.75) is 6.92 Å². The van der Waals surface area contributed by atoms with E-state index < -0.39 is 0 Å². The average Bonchev–Trinajstić information content (AvgIpc) is 2.75. The zero-order valence-electron chi connectivity index (χ0n) is 15.8. The van der Waals surface area contributed by atoms with Crippen LogP contribution in [0.2, 0.25) is 0 Å². The summed E-state index contributed by atoms with van der Waals surface area (Å²) < 4.78 is 0. The van der Waals surface area contributed by atoms with Crippen molar-refractivity contribution in [3.8, 4) is 11.1 Å². The Kier molecular flexibility index (Phi) is 6.31. The van der Waals surface area contributed by atoms with E-state index >= 15 is 0 Å². The van der Waals surface area contributed by atoms with Crippen LogP contribution in [0.1, 0.15) is 15.9 Å². The van der Waals surface area contributed by atoms with Gasteiger partial charge in [-0.15, -0.1) is 0 Å². The number of oxime groups is 1. The van der Waals surface area contributed by atoms with E-state index in [-0.39, 0.29) is 11.5 Å². The van der Waals surface area contributed by atoms with Gasteiger partial charge >= 0.3 is 0 Å². The second-order valence-corrected chi connectivity index (χ2v) is 6.16. The summed E-state index contributed by atoms with van der Waals surface area (Å²) in [7, 11) is 1.42. The maximum Gasteiger partial charge on any atom is 0.214 e. The molecule has 0 radical (unpaired) electrons. The number of Topliss-reactive ketones (excluding diaryl/α,β-unsaturated/α-hetero) is 1. The van der Waals surface area contributed by atoms with Crippen LogP contribution in [-0.2, 0) is 4.84 Å². The minimum atomic E-state index is -0.250. The second kappa shape index (κ2) is 9.28. The number of aryl methyl sites for hydroxylation is 1. The standard InChI is InChI=1S/C23H21N3O2/c1-17-8-14-21(15-9-17)25-26-22(16-24-28-2)23(27)20-12-10-19(11-13-20)18-6-4-3-5-7-18/h3-16,25H,1-2H3/b24-16+,26-22?. The Morgan fingerprint density at radius 3 is 2.18 bits per heavy atom. The van der Waals surface area contributed by atoms with Crippen molar-refractivity contribution < 1.29 is 9.63 Å². The number of nitrogens with one attached hydrogen (secondary N) is 1. The van der Waals surface area contributed by atoms with Gasteiger partial charge in [-0.25, -0.2) is 0 Å². The molecule has 0 atom stereocenters. The SMILES string of the molecule is CO/N=C/C(=NNc1ccc(C)cc1)C(=O)c1ccc(-c2ccccc2)cc1. The molecule has 28 heavy (non-hydrogen) atoms. The van der Waals surface area contributed by atoms with Crippen LogP contribution >= 0.6 is 0 Å². The van der Waals surface area contributed by atoms with Crippen molar-refractivity contribution >= 4 is 23.4 Å². The maximum atomic E-state index is 12.9. The lowest BCUT2D eigenvalue weighted by Crippen LogP contribution is -2.18. The first kappa shape index (κ1) is 19.0. The monoisotopic (exact) mass is 371 g/mol. The molecule has 5 nitrogen and oxygen atoms in total. The first-order valence-corrected chi connectivity index (χ1v) is 8.84. The van der Waals surface area contributed by atoms with Gasteiger partial charge in [0.15, 0.2) is 5.71 Å². The quantitative estimate of drug-likeness (QED) is 0.363. The number of rotatable bonds is 7. The first-order chi connectivity index (χ1) is 13.7. The van der Waals surface area contributed by atoms with Gasteiger partial charge in [-0.1, -0.05) is 77.4 Å². The summed E-state index contributed by atoms with van der Waals surface area (Å²) in [5.41, 5.74) is 7.62. The molecule has 1 N–H and O–H groups in total. The van der Waals surface area contributed by atoms with Crippen molar-refractivity contribution in [1.82, 2.24) is 0 Å². The van der Waals surface area contributed by atoms with Gasteiger partial charge in [0.25, 0.3) is 0 Å². The smallest absolute Gasteiger partial charge is 0.214 e. The van der Waals surface area contributed by atoms with E-state index in [1.165, 1.54) is 13.3 Å². The summed E-state index contributed by atoms with van der Waals surface area (Å²) in [5, 5.41) is 7.90. The molecule has 5 heteroatoms. The highest BCUT2D eigenvalue weighted by molar-refractivity contribution is 6.64. The molecular weight excluding hydrogens is 350 g/mol. The van der Waals surface area contributed by atoms with E-state index in [2.05, 4.69) is 15.7 Å². The molecule has 0 fully saturated rings.